The second-order valence-corrected chi connectivity index (χ2v) is 5.50. The van der Waals surface area contributed by atoms with Crippen molar-refractivity contribution in [1.82, 2.24) is 5.32 Å². The van der Waals surface area contributed by atoms with Gasteiger partial charge in [0.15, 0.2) is 0 Å². The van der Waals surface area contributed by atoms with Crippen molar-refractivity contribution in [3.8, 4) is 0 Å². The van der Waals surface area contributed by atoms with Gasteiger partial charge in [0.25, 0.3) is 11.6 Å². The quantitative estimate of drug-likeness (QED) is 0.489. The van der Waals surface area contributed by atoms with Crippen LogP contribution in [0.1, 0.15) is 24.2 Å². The Bertz CT molecular complexity index is 491. The van der Waals surface area contributed by atoms with Crippen LogP contribution in [-0.4, -0.2) is 34.3 Å². The molecule has 7 heteroatoms. The number of hydrogen-bond acceptors (Lipinski definition) is 5. The van der Waals surface area contributed by atoms with E-state index in [4.69, 9.17) is 0 Å². The Morgan fingerprint density at radius 3 is 2.58 bits per heavy atom. The highest BCUT2D eigenvalue weighted by molar-refractivity contribution is 8.00. The van der Waals surface area contributed by atoms with Crippen molar-refractivity contribution < 1.29 is 14.8 Å². The summed E-state index contributed by atoms with van der Waals surface area (Å²) in [5.41, 5.74) is 0.290. The first-order valence-corrected chi connectivity index (χ1v) is 6.60. The van der Waals surface area contributed by atoms with Gasteiger partial charge in [-0.25, -0.2) is 0 Å². The Labute approximate surface area is 115 Å². The number of nitrogens with one attached hydrogen (secondary N) is 1. The maximum atomic E-state index is 11.5. The fraction of sp³-hybridized carbons (Fsp3) is 0.417. The summed E-state index contributed by atoms with van der Waals surface area (Å²) in [6.07, 6.45) is -0.603. The second kappa shape index (κ2) is 6.53. The number of thioether (sulfide) groups is 1. The predicted molar refractivity (Wildman–Crippen MR) is 73.5 cm³/mol. The van der Waals surface area contributed by atoms with Crippen LogP contribution in [0.15, 0.2) is 23.1 Å². The molecule has 0 saturated carbocycles. The third kappa shape index (κ3) is 3.93. The Balaban J connectivity index is 3.15. The van der Waals surface area contributed by atoms with Crippen LogP contribution in [0.2, 0.25) is 0 Å². The molecule has 0 radical (unpaired) electrons. The zero-order chi connectivity index (χ0) is 14.6. The first-order chi connectivity index (χ1) is 8.86. The maximum absolute atomic E-state index is 11.5. The molecule has 1 aromatic carbocycles. The van der Waals surface area contributed by atoms with Gasteiger partial charge in [0.1, 0.15) is 0 Å². The fourth-order valence-electron chi connectivity index (χ4n) is 1.34. The summed E-state index contributed by atoms with van der Waals surface area (Å²) in [4.78, 5) is 22.4. The molecule has 0 saturated heterocycles. The van der Waals surface area contributed by atoms with Crippen molar-refractivity contribution in [2.24, 2.45) is 0 Å². The molecule has 0 aromatic heterocycles. The Morgan fingerprint density at radius 2 is 2.11 bits per heavy atom. The average molecular weight is 284 g/mol. The molecule has 0 heterocycles. The lowest BCUT2D eigenvalue weighted by Gasteiger charge is -2.14. The lowest BCUT2D eigenvalue weighted by atomic mass is 10.2. The molecule has 0 aliphatic carbocycles. The van der Waals surface area contributed by atoms with Crippen molar-refractivity contribution in [2.75, 3.05) is 7.05 Å². The second-order valence-electron chi connectivity index (χ2n) is 4.08. The Kier molecular flexibility index (Phi) is 5.31. The minimum absolute atomic E-state index is 0.0647. The maximum Gasteiger partial charge on any atom is 0.282 e. The van der Waals surface area contributed by atoms with Crippen LogP contribution in [-0.2, 0) is 0 Å². The Hall–Kier alpha value is -1.60. The van der Waals surface area contributed by atoms with Crippen molar-refractivity contribution in [3.63, 3.8) is 0 Å². The molecule has 2 atom stereocenters. The lowest BCUT2D eigenvalue weighted by molar-refractivity contribution is -0.387. The molecule has 0 bridgehead atoms. The van der Waals surface area contributed by atoms with E-state index in [2.05, 4.69) is 5.32 Å². The number of aliphatic hydroxyl groups is 1. The van der Waals surface area contributed by atoms with E-state index in [1.807, 2.05) is 0 Å². The van der Waals surface area contributed by atoms with Crippen molar-refractivity contribution >= 4 is 23.4 Å². The molecule has 0 fully saturated rings. The molecule has 0 aliphatic rings. The molecule has 2 N–H and O–H groups in total. The molecular formula is C12H16N2O4S. The molecule has 19 heavy (non-hydrogen) atoms. The standard InChI is InChI=1S/C12H16N2O4S/c1-7(15)8(2)19-11-6-9(12(16)13-3)4-5-10(11)14(17)18/h4-8,15H,1-3H3,(H,13,16). The zero-order valence-electron chi connectivity index (χ0n) is 10.9. The molecule has 1 aromatic rings. The number of nitro groups is 1. The summed E-state index contributed by atoms with van der Waals surface area (Å²) in [7, 11) is 1.50. The summed E-state index contributed by atoms with van der Waals surface area (Å²) in [6, 6.07) is 4.19. The van der Waals surface area contributed by atoms with Crippen molar-refractivity contribution in [2.45, 2.75) is 30.1 Å². The van der Waals surface area contributed by atoms with Gasteiger partial charge < -0.3 is 10.4 Å². The van der Waals surface area contributed by atoms with Crippen LogP contribution < -0.4 is 5.32 Å². The van der Waals surface area contributed by atoms with Crippen molar-refractivity contribution in [1.29, 1.82) is 0 Å². The number of amides is 1. The summed E-state index contributed by atoms with van der Waals surface area (Å²) in [5.74, 6) is -0.304. The van der Waals surface area contributed by atoms with E-state index in [0.717, 1.165) is 0 Å². The summed E-state index contributed by atoms with van der Waals surface area (Å²) >= 11 is 1.18. The van der Waals surface area contributed by atoms with E-state index in [9.17, 15) is 20.0 Å². The highest BCUT2D eigenvalue weighted by atomic mass is 32.2. The lowest BCUT2D eigenvalue weighted by Crippen LogP contribution is -2.18. The van der Waals surface area contributed by atoms with Gasteiger partial charge in [-0.15, -0.1) is 11.8 Å². The number of carbonyl (C=O) groups excluding carboxylic acids is 1. The average Bonchev–Trinajstić information content (AvgIpc) is 2.37. The van der Waals surface area contributed by atoms with E-state index in [1.165, 1.54) is 37.0 Å². The van der Waals surface area contributed by atoms with E-state index in [1.54, 1.807) is 13.8 Å². The minimum Gasteiger partial charge on any atom is -0.392 e. The van der Waals surface area contributed by atoms with Crippen molar-refractivity contribution in [3.05, 3.63) is 33.9 Å². The van der Waals surface area contributed by atoms with Crippen LogP contribution in [0.5, 0.6) is 0 Å². The summed E-state index contributed by atoms with van der Waals surface area (Å²) in [5, 5.41) is 22.7. The zero-order valence-corrected chi connectivity index (χ0v) is 11.7. The number of nitrogens with zero attached hydrogens (tertiary/aromatic N) is 1. The van der Waals surface area contributed by atoms with Crippen LogP contribution in [0.25, 0.3) is 0 Å². The van der Waals surface area contributed by atoms with Gasteiger partial charge in [-0.05, 0) is 19.1 Å². The number of carbonyl (C=O) groups is 1. The number of aliphatic hydroxyl groups excluding tert-OH is 1. The predicted octanol–water partition coefficient (Wildman–Crippen LogP) is 1.82. The van der Waals surface area contributed by atoms with Gasteiger partial charge in [0.05, 0.1) is 15.9 Å². The highest BCUT2D eigenvalue weighted by Crippen LogP contribution is 2.34. The van der Waals surface area contributed by atoms with Gasteiger partial charge in [-0.1, -0.05) is 6.92 Å². The summed E-state index contributed by atoms with van der Waals surface area (Å²) < 4.78 is 0. The van der Waals surface area contributed by atoms with Crippen LogP contribution >= 0.6 is 11.8 Å². The Morgan fingerprint density at radius 1 is 1.47 bits per heavy atom. The van der Waals surface area contributed by atoms with Gasteiger partial charge in [0.2, 0.25) is 0 Å². The van der Waals surface area contributed by atoms with E-state index >= 15 is 0 Å². The fourth-order valence-corrected chi connectivity index (χ4v) is 2.40. The van der Waals surface area contributed by atoms with Gasteiger partial charge in [0, 0.05) is 23.9 Å². The SMILES string of the molecule is CNC(=O)c1ccc([N+](=O)[O-])c(SC(C)C(C)O)c1. The van der Waals surface area contributed by atoms with Crippen LogP contribution in [0.4, 0.5) is 5.69 Å². The molecule has 0 aliphatic heterocycles. The number of benzene rings is 1. The molecule has 1 rings (SSSR count). The van der Waals surface area contributed by atoms with Gasteiger partial charge >= 0.3 is 0 Å². The van der Waals surface area contributed by atoms with Gasteiger partial charge in [-0.2, -0.15) is 0 Å². The molecular weight excluding hydrogens is 268 g/mol. The topological polar surface area (TPSA) is 92.5 Å². The van der Waals surface area contributed by atoms with Crippen LogP contribution in [0, 0.1) is 10.1 Å². The number of rotatable bonds is 5. The normalized spacial score (nSPS) is 13.7. The van der Waals surface area contributed by atoms with E-state index in [0.29, 0.717) is 10.5 Å². The minimum atomic E-state index is -0.603. The molecule has 6 nitrogen and oxygen atoms in total. The van der Waals surface area contributed by atoms with E-state index in [-0.39, 0.29) is 16.8 Å². The largest absolute Gasteiger partial charge is 0.392 e. The molecule has 2 unspecified atom stereocenters. The third-order valence-electron chi connectivity index (χ3n) is 2.64. The number of hydrogen-bond donors (Lipinski definition) is 2. The number of nitro benzene ring substituents is 1. The smallest absolute Gasteiger partial charge is 0.282 e. The summed E-state index contributed by atoms with van der Waals surface area (Å²) in [6.45, 7) is 3.39. The van der Waals surface area contributed by atoms with E-state index < -0.39 is 11.0 Å². The molecule has 104 valence electrons. The first-order valence-electron chi connectivity index (χ1n) is 5.72. The van der Waals surface area contributed by atoms with Gasteiger partial charge in [-0.3, -0.25) is 14.9 Å². The molecule has 1 amide bonds. The van der Waals surface area contributed by atoms with Crippen LogP contribution in [0.3, 0.4) is 0 Å². The third-order valence-corrected chi connectivity index (χ3v) is 3.98. The first kappa shape index (κ1) is 15.5. The monoisotopic (exact) mass is 284 g/mol. The highest BCUT2D eigenvalue weighted by Gasteiger charge is 2.20. The molecule has 0 spiro atoms.